The summed E-state index contributed by atoms with van der Waals surface area (Å²) in [5.74, 6) is 0.259. The maximum atomic E-state index is 11.6. The largest absolute Gasteiger partial charge is 0.347 e. The molecular formula is C9H18N2O. The van der Waals surface area contributed by atoms with E-state index in [2.05, 4.69) is 11.8 Å². The average molecular weight is 170 g/mol. The van der Waals surface area contributed by atoms with Crippen LogP contribution in [0.2, 0.25) is 0 Å². The lowest BCUT2D eigenvalue weighted by molar-refractivity contribution is -0.133. The van der Waals surface area contributed by atoms with E-state index in [4.69, 9.17) is 0 Å². The molecule has 0 saturated carbocycles. The van der Waals surface area contributed by atoms with E-state index in [1.807, 2.05) is 14.1 Å². The van der Waals surface area contributed by atoms with E-state index in [9.17, 15) is 4.79 Å². The summed E-state index contributed by atoms with van der Waals surface area (Å²) in [4.78, 5) is 15.5. The molecule has 1 unspecified atom stereocenters. The monoisotopic (exact) mass is 170 g/mol. The summed E-state index contributed by atoms with van der Waals surface area (Å²) in [5.41, 5.74) is 0. The molecule has 0 radical (unpaired) electrons. The van der Waals surface area contributed by atoms with Crippen LogP contribution in [0.4, 0.5) is 0 Å². The van der Waals surface area contributed by atoms with E-state index < -0.39 is 0 Å². The second kappa shape index (κ2) is 3.90. The fraction of sp³-hybridized carbons (Fsp3) is 0.889. The Morgan fingerprint density at radius 2 is 2.25 bits per heavy atom. The van der Waals surface area contributed by atoms with Crippen molar-refractivity contribution >= 4 is 5.91 Å². The van der Waals surface area contributed by atoms with Gasteiger partial charge >= 0.3 is 0 Å². The van der Waals surface area contributed by atoms with Gasteiger partial charge in [0.05, 0.1) is 6.04 Å². The van der Waals surface area contributed by atoms with Gasteiger partial charge in [0.25, 0.3) is 0 Å². The second-order valence-electron chi connectivity index (χ2n) is 3.52. The summed E-state index contributed by atoms with van der Waals surface area (Å²) < 4.78 is 0. The van der Waals surface area contributed by atoms with E-state index in [0.717, 1.165) is 25.9 Å². The first-order chi connectivity index (χ1) is 5.66. The van der Waals surface area contributed by atoms with Crippen molar-refractivity contribution in [1.29, 1.82) is 0 Å². The Hall–Kier alpha value is -0.570. The Balaban J connectivity index is 2.55. The maximum Gasteiger partial charge on any atom is 0.239 e. The molecule has 1 aliphatic heterocycles. The van der Waals surface area contributed by atoms with Crippen molar-refractivity contribution in [2.24, 2.45) is 0 Å². The van der Waals surface area contributed by atoms with Crippen molar-refractivity contribution in [2.45, 2.75) is 25.8 Å². The highest BCUT2D eigenvalue weighted by molar-refractivity contribution is 5.81. The van der Waals surface area contributed by atoms with Gasteiger partial charge in [-0.25, -0.2) is 0 Å². The first-order valence-electron chi connectivity index (χ1n) is 4.62. The van der Waals surface area contributed by atoms with Gasteiger partial charge in [0.2, 0.25) is 5.91 Å². The zero-order valence-electron chi connectivity index (χ0n) is 8.21. The summed E-state index contributed by atoms with van der Waals surface area (Å²) in [6.45, 7) is 4.19. The summed E-state index contributed by atoms with van der Waals surface area (Å²) in [5, 5.41) is 0. The summed E-state index contributed by atoms with van der Waals surface area (Å²) >= 11 is 0. The maximum absolute atomic E-state index is 11.6. The lowest BCUT2D eigenvalue weighted by Crippen LogP contribution is -2.42. The number of carbonyl (C=O) groups is 1. The Bertz CT molecular complexity index is 168. The molecular weight excluding hydrogens is 152 g/mol. The highest BCUT2D eigenvalue weighted by atomic mass is 16.2. The number of hydrogen-bond donors (Lipinski definition) is 0. The molecule has 1 rings (SSSR count). The SMILES string of the molecule is CCN1CCCC1C(=O)N(C)C. The molecule has 0 aromatic carbocycles. The molecule has 0 aromatic heterocycles. The van der Waals surface area contributed by atoms with Crippen LogP contribution < -0.4 is 0 Å². The number of carbonyl (C=O) groups excluding carboxylic acids is 1. The molecule has 1 heterocycles. The minimum Gasteiger partial charge on any atom is -0.347 e. The molecule has 0 bridgehead atoms. The molecule has 1 saturated heterocycles. The number of hydrogen-bond acceptors (Lipinski definition) is 2. The molecule has 3 heteroatoms. The van der Waals surface area contributed by atoms with Crippen LogP contribution >= 0.6 is 0 Å². The Labute approximate surface area is 74.3 Å². The predicted octanol–water partition coefficient (Wildman–Crippen LogP) is 0.559. The predicted molar refractivity (Wildman–Crippen MR) is 49.0 cm³/mol. The second-order valence-corrected chi connectivity index (χ2v) is 3.52. The zero-order chi connectivity index (χ0) is 9.14. The minimum atomic E-state index is 0.157. The molecule has 0 N–H and O–H groups in total. The van der Waals surface area contributed by atoms with Crippen molar-refractivity contribution in [2.75, 3.05) is 27.2 Å². The standard InChI is InChI=1S/C9H18N2O/c1-4-11-7-5-6-8(11)9(12)10(2)3/h8H,4-7H2,1-3H3. The molecule has 1 amide bonds. The summed E-state index contributed by atoms with van der Waals surface area (Å²) in [7, 11) is 3.66. The lowest BCUT2D eigenvalue weighted by atomic mass is 10.2. The fourth-order valence-corrected chi connectivity index (χ4v) is 1.78. The fourth-order valence-electron chi connectivity index (χ4n) is 1.78. The number of likely N-dealkylation sites (tertiary alicyclic amines) is 1. The first kappa shape index (κ1) is 9.52. The van der Waals surface area contributed by atoms with Gasteiger partial charge in [-0.2, -0.15) is 0 Å². The smallest absolute Gasteiger partial charge is 0.239 e. The third-order valence-electron chi connectivity index (χ3n) is 2.50. The van der Waals surface area contributed by atoms with Gasteiger partial charge in [-0.15, -0.1) is 0 Å². The molecule has 0 aromatic rings. The van der Waals surface area contributed by atoms with Crippen LogP contribution in [0.1, 0.15) is 19.8 Å². The summed E-state index contributed by atoms with van der Waals surface area (Å²) in [6, 6.07) is 0.157. The van der Waals surface area contributed by atoms with E-state index in [0.29, 0.717) is 0 Å². The van der Waals surface area contributed by atoms with Crippen molar-refractivity contribution in [3.05, 3.63) is 0 Å². The van der Waals surface area contributed by atoms with Crippen LogP contribution in [0.5, 0.6) is 0 Å². The van der Waals surface area contributed by atoms with Gasteiger partial charge in [-0.05, 0) is 25.9 Å². The minimum absolute atomic E-state index is 0.157. The third kappa shape index (κ3) is 1.78. The van der Waals surface area contributed by atoms with E-state index in [1.54, 1.807) is 4.90 Å². The molecule has 0 aliphatic carbocycles. The van der Waals surface area contributed by atoms with Gasteiger partial charge in [-0.3, -0.25) is 9.69 Å². The molecule has 70 valence electrons. The highest BCUT2D eigenvalue weighted by Crippen LogP contribution is 2.17. The van der Waals surface area contributed by atoms with Crippen LogP contribution in [0, 0.1) is 0 Å². The Morgan fingerprint density at radius 1 is 1.58 bits per heavy atom. The lowest BCUT2D eigenvalue weighted by Gasteiger charge is -2.24. The average Bonchev–Trinajstić information content (AvgIpc) is 2.49. The van der Waals surface area contributed by atoms with Gasteiger partial charge in [0, 0.05) is 14.1 Å². The Kier molecular flexibility index (Phi) is 3.09. The molecule has 3 nitrogen and oxygen atoms in total. The van der Waals surface area contributed by atoms with E-state index in [1.165, 1.54) is 0 Å². The number of nitrogens with zero attached hydrogens (tertiary/aromatic N) is 2. The van der Waals surface area contributed by atoms with Crippen molar-refractivity contribution in [1.82, 2.24) is 9.80 Å². The number of likely N-dealkylation sites (N-methyl/N-ethyl adjacent to an activating group) is 2. The van der Waals surface area contributed by atoms with Gasteiger partial charge in [-0.1, -0.05) is 6.92 Å². The van der Waals surface area contributed by atoms with Crippen LogP contribution in [0.3, 0.4) is 0 Å². The molecule has 1 aliphatic rings. The quantitative estimate of drug-likeness (QED) is 0.604. The molecule has 1 fully saturated rings. The first-order valence-corrected chi connectivity index (χ1v) is 4.62. The van der Waals surface area contributed by atoms with Crippen molar-refractivity contribution in [3.63, 3.8) is 0 Å². The summed E-state index contributed by atoms with van der Waals surface area (Å²) in [6.07, 6.45) is 2.20. The molecule has 1 atom stereocenters. The third-order valence-corrected chi connectivity index (χ3v) is 2.50. The zero-order valence-corrected chi connectivity index (χ0v) is 8.21. The van der Waals surface area contributed by atoms with Crippen molar-refractivity contribution < 1.29 is 4.79 Å². The van der Waals surface area contributed by atoms with E-state index >= 15 is 0 Å². The Morgan fingerprint density at radius 3 is 2.75 bits per heavy atom. The van der Waals surface area contributed by atoms with Gasteiger partial charge in [0.1, 0.15) is 0 Å². The number of rotatable bonds is 2. The van der Waals surface area contributed by atoms with Crippen LogP contribution in [-0.4, -0.2) is 48.9 Å². The van der Waals surface area contributed by atoms with Gasteiger partial charge < -0.3 is 4.90 Å². The van der Waals surface area contributed by atoms with Gasteiger partial charge in [0.15, 0.2) is 0 Å². The van der Waals surface area contributed by atoms with Crippen LogP contribution in [0.15, 0.2) is 0 Å². The van der Waals surface area contributed by atoms with E-state index in [-0.39, 0.29) is 11.9 Å². The molecule has 12 heavy (non-hydrogen) atoms. The topological polar surface area (TPSA) is 23.6 Å². The number of amides is 1. The normalized spacial score (nSPS) is 24.4. The van der Waals surface area contributed by atoms with Crippen LogP contribution in [-0.2, 0) is 4.79 Å². The van der Waals surface area contributed by atoms with Crippen LogP contribution in [0.25, 0.3) is 0 Å². The highest BCUT2D eigenvalue weighted by Gasteiger charge is 2.30. The van der Waals surface area contributed by atoms with Crippen molar-refractivity contribution in [3.8, 4) is 0 Å². The molecule has 0 spiro atoms.